The first kappa shape index (κ1) is 20.7. The summed E-state index contributed by atoms with van der Waals surface area (Å²) in [6.07, 6.45) is -3.21. The first-order valence-corrected chi connectivity index (χ1v) is 9.40. The summed E-state index contributed by atoms with van der Waals surface area (Å²) in [5.74, 6) is -0.297. The standard InChI is InChI=1S/C21H14ClF3N4O2/c22-17-4-2-1-3-14(17)11-26-20(30)15-7-10-18-27-28-19(29(18)12-15)13-5-8-16(9-6-13)31-21(23,24)25/h1-10,12H,11H2,(H,26,30). The molecular weight excluding hydrogens is 433 g/mol. The second kappa shape index (κ2) is 8.27. The average Bonchev–Trinajstić information content (AvgIpc) is 3.15. The highest BCUT2D eigenvalue weighted by Crippen LogP contribution is 2.26. The van der Waals surface area contributed by atoms with E-state index in [4.69, 9.17) is 11.6 Å². The van der Waals surface area contributed by atoms with Crippen LogP contribution in [0.2, 0.25) is 5.02 Å². The number of amides is 1. The van der Waals surface area contributed by atoms with Gasteiger partial charge >= 0.3 is 6.36 Å². The summed E-state index contributed by atoms with van der Waals surface area (Å²) in [6, 6.07) is 15.7. The molecule has 0 aliphatic carbocycles. The van der Waals surface area contributed by atoms with Crippen LogP contribution in [-0.4, -0.2) is 26.9 Å². The zero-order valence-electron chi connectivity index (χ0n) is 15.7. The van der Waals surface area contributed by atoms with Gasteiger partial charge in [0.1, 0.15) is 5.75 Å². The lowest BCUT2D eigenvalue weighted by molar-refractivity contribution is -0.274. The summed E-state index contributed by atoms with van der Waals surface area (Å²) in [5, 5.41) is 11.5. The summed E-state index contributed by atoms with van der Waals surface area (Å²) in [7, 11) is 0. The van der Waals surface area contributed by atoms with Crippen molar-refractivity contribution in [2.75, 3.05) is 0 Å². The summed E-state index contributed by atoms with van der Waals surface area (Å²) < 4.78 is 42.5. The molecule has 0 saturated carbocycles. The zero-order valence-corrected chi connectivity index (χ0v) is 16.5. The number of nitrogens with zero attached hydrogens (tertiary/aromatic N) is 3. The molecule has 1 amide bonds. The molecule has 0 saturated heterocycles. The van der Waals surface area contributed by atoms with Gasteiger partial charge in [-0.1, -0.05) is 29.8 Å². The molecule has 0 fully saturated rings. The third-order valence-electron chi connectivity index (χ3n) is 4.41. The van der Waals surface area contributed by atoms with E-state index in [1.807, 2.05) is 12.1 Å². The number of hydrogen-bond acceptors (Lipinski definition) is 4. The van der Waals surface area contributed by atoms with Crippen LogP contribution in [0.4, 0.5) is 13.2 Å². The quantitative estimate of drug-likeness (QED) is 0.474. The van der Waals surface area contributed by atoms with Crippen molar-refractivity contribution in [3.8, 4) is 17.1 Å². The monoisotopic (exact) mass is 446 g/mol. The van der Waals surface area contributed by atoms with Crippen molar-refractivity contribution in [1.82, 2.24) is 19.9 Å². The molecule has 0 atom stereocenters. The number of fused-ring (bicyclic) bond motifs is 1. The Balaban J connectivity index is 1.56. The zero-order chi connectivity index (χ0) is 22.0. The van der Waals surface area contributed by atoms with E-state index in [9.17, 15) is 18.0 Å². The van der Waals surface area contributed by atoms with Gasteiger partial charge in [-0.05, 0) is 48.0 Å². The summed E-state index contributed by atoms with van der Waals surface area (Å²) >= 11 is 6.11. The molecule has 6 nitrogen and oxygen atoms in total. The molecule has 31 heavy (non-hydrogen) atoms. The molecule has 0 aliphatic heterocycles. The summed E-state index contributed by atoms with van der Waals surface area (Å²) in [4.78, 5) is 12.6. The van der Waals surface area contributed by atoms with Crippen molar-refractivity contribution < 1.29 is 22.7 Å². The molecule has 10 heteroatoms. The van der Waals surface area contributed by atoms with Gasteiger partial charge in [0.05, 0.1) is 5.56 Å². The lowest BCUT2D eigenvalue weighted by Crippen LogP contribution is -2.23. The van der Waals surface area contributed by atoms with Crippen LogP contribution in [0.25, 0.3) is 17.0 Å². The van der Waals surface area contributed by atoms with E-state index in [0.717, 1.165) is 5.56 Å². The number of carbonyl (C=O) groups excluding carboxylic acids is 1. The predicted molar refractivity (Wildman–Crippen MR) is 108 cm³/mol. The maximum atomic E-state index is 12.6. The third-order valence-corrected chi connectivity index (χ3v) is 4.78. The van der Waals surface area contributed by atoms with E-state index in [1.54, 1.807) is 34.9 Å². The number of rotatable bonds is 5. The van der Waals surface area contributed by atoms with Crippen molar-refractivity contribution in [1.29, 1.82) is 0 Å². The van der Waals surface area contributed by atoms with Gasteiger partial charge < -0.3 is 10.1 Å². The highest BCUT2D eigenvalue weighted by molar-refractivity contribution is 6.31. The Morgan fingerprint density at radius 1 is 1.03 bits per heavy atom. The van der Waals surface area contributed by atoms with Crippen LogP contribution in [0.1, 0.15) is 15.9 Å². The van der Waals surface area contributed by atoms with Gasteiger partial charge in [0.25, 0.3) is 5.91 Å². The third kappa shape index (κ3) is 4.77. The molecule has 0 aliphatic rings. The molecule has 2 aromatic carbocycles. The van der Waals surface area contributed by atoms with Gasteiger partial charge in [-0.25, -0.2) is 0 Å². The van der Waals surface area contributed by atoms with E-state index in [1.165, 1.54) is 24.3 Å². The van der Waals surface area contributed by atoms with Crippen LogP contribution in [0.3, 0.4) is 0 Å². The number of hydrogen-bond donors (Lipinski definition) is 1. The molecule has 0 unspecified atom stereocenters. The van der Waals surface area contributed by atoms with Crippen LogP contribution in [0, 0.1) is 0 Å². The van der Waals surface area contributed by atoms with Crippen molar-refractivity contribution in [3.63, 3.8) is 0 Å². The lowest BCUT2D eigenvalue weighted by atomic mass is 10.2. The van der Waals surface area contributed by atoms with Crippen LogP contribution in [-0.2, 0) is 6.54 Å². The smallest absolute Gasteiger partial charge is 0.406 e. The van der Waals surface area contributed by atoms with Gasteiger partial charge in [-0.15, -0.1) is 23.4 Å². The summed E-state index contributed by atoms with van der Waals surface area (Å²) in [6.45, 7) is 0.256. The van der Waals surface area contributed by atoms with E-state index < -0.39 is 6.36 Å². The van der Waals surface area contributed by atoms with E-state index in [-0.39, 0.29) is 18.2 Å². The van der Waals surface area contributed by atoms with Gasteiger partial charge in [-0.2, -0.15) is 0 Å². The minimum atomic E-state index is -4.77. The maximum absolute atomic E-state index is 12.6. The van der Waals surface area contributed by atoms with Gasteiger partial charge in [0.2, 0.25) is 0 Å². The molecule has 4 rings (SSSR count). The first-order chi connectivity index (χ1) is 14.8. The topological polar surface area (TPSA) is 68.5 Å². The Kier molecular flexibility index (Phi) is 5.51. The van der Waals surface area contributed by atoms with Gasteiger partial charge in [-0.3, -0.25) is 9.20 Å². The fourth-order valence-electron chi connectivity index (χ4n) is 2.95. The van der Waals surface area contributed by atoms with Crippen molar-refractivity contribution in [2.45, 2.75) is 12.9 Å². The van der Waals surface area contributed by atoms with Crippen LogP contribution in [0.15, 0.2) is 66.9 Å². The number of benzene rings is 2. The SMILES string of the molecule is O=C(NCc1ccccc1Cl)c1ccc2nnc(-c3ccc(OC(F)(F)F)cc3)n2c1. The lowest BCUT2D eigenvalue weighted by Gasteiger charge is -2.09. The van der Waals surface area contributed by atoms with E-state index >= 15 is 0 Å². The number of nitrogens with one attached hydrogen (secondary N) is 1. The Hall–Kier alpha value is -3.59. The van der Waals surface area contributed by atoms with Crippen molar-refractivity contribution in [3.05, 3.63) is 83.0 Å². The number of aromatic nitrogens is 3. The average molecular weight is 447 g/mol. The number of halogens is 4. The normalized spacial score (nSPS) is 11.5. The van der Waals surface area contributed by atoms with Crippen LogP contribution in [0.5, 0.6) is 5.75 Å². The molecule has 4 aromatic rings. The fraction of sp³-hybridized carbons (Fsp3) is 0.0952. The minimum Gasteiger partial charge on any atom is -0.406 e. The minimum absolute atomic E-state index is 0.256. The first-order valence-electron chi connectivity index (χ1n) is 9.03. The molecule has 2 aromatic heterocycles. The Bertz CT molecular complexity index is 1240. The fourth-order valence-corrected chi connectivity index (χ4v) is 3.15. The second-order valence-electron chi connectivity index (χ2n) is 6.52. The molecular formula is C21H14ClF3N4O2. The van der Waals surface area contributed by atoms with E-state index in [2.05, 4.69) is 20.3 Å². The Labute approximate surface area is 179 Å². The molecule has 1 N–H and O–H groups in total. The van der Waals surface area contributed by atoms with Crippen LogP contribution >= 0.6 is 11.6 Å². The molecule has 158 valence electrons. The predicted octanol–water partition coefficient (Wildman–Crippen LogP) is 4.88. The molecule has 0 radical (unpaired) electrons. The van der Waals surface area contributed by atoms with Crippen molar-refractivity contribution in [2.24, 2.45) is 0 Å². The highest BCUT2D eigenvalue weighted by atomic mass is 35.5. The molecule has 0 bridgehead atoms. The molecule has 0 spiro atoms. The summed E-state index contributed by atoms with van der Waals surface area (Å²) in [5.41, 5.74) is 2.13. The molecule has 2 heterocycles. The van der Waals surface area contributed by atoms with Gasteiger partial charge in [0, 0.05) is 23.3 Å². The second-order valence-corrected chi connectivity index (χ2v) is 6.92. The number of pyridine rings is 1. The number of alkyl halides is 3. The van der Waals surface area contributed by atoms with Crippen LogP contribution < -0.4 is 10.1 Å². The van der Waals surface area contributed by atoms with E-state index in [0.29, 0.717) is 27.6 Å². The Morgan fingerprint density at radius 3 is 2.48 bits per heavy atom. The number of carbonyl (C=O) groups is 1. The Morgan fingerprint density at radius 2 is 1.77 bits per heavy atom. The largest absolute Gasteiger partial charge is 0.573 e. The number of ether oxygens (including phenoxy) is 1. The highest BCUT2D eigenvalue weighted by Gasteiger charge is 2.31. The van der Waals surface area contributed by atoms with Gasteiger partial charge in [0.15, 0.2) is 11.5 Å². The maximum Gasteiger partial charge on any atom is 0.573 e. The van der Waals surface area contributed by atoms with Crippen molar-refractivity contribution >= 4 is 23.2 Å².